The van der Waals surface area contributed by atoms with E-state index in [0.717, 1.165) is 9.80 Å². The van der Waals surface area contributed by atoms with E-state index in [1.807, 2.05) is 30.3 Å². The number of carbonyl (C=O) groups excluding carboxylic acids is 2. The van der Waals surface area contributed by atoms with Gasteiger partial charge in [0.25, 0.3) is 11.8 Å². The first kappa shape index (κ1) is 24.5. The zero-order chi connectivity index (χ0) is 25.8. The van der Waals surface area contributed by atoms with E-state index in [9.17, 15) is 9.59 Å². The number of benzene rings is 4. The monoisotopic (exact) mass is 528 g/mol. The van der Waals surface area contributed by atoms with Crippen LogP contribution in [0.25, 0.3) is 0 Å². The zero-order valence-electron chi connectivity index (χ0n) is 19.7. The van der Waals surface area contributed by atoms with Gasteiger partial charge in [-0.25, -0.2) is 4.90 Å². The van der Waals surface area contributed by atoms with Crippen LogP contribution >= 0.6 is 23.4 Å². The number of thioether (sulfide) groups is 1. The number of imide groups is 1. The molecule has 6 nitrogen and oxygen atoms in total. The van der Waals surface area contributed by atoms with Gasteiger partial charge in [0.2, 0.25) is 0 Å². The topological polar surface area (TPSA) is 67.9 Å². The van der Waals surface area contributed by atoms with Gasteiger partial charge in [0.15, 0.2) is 0 Å². The first-order valence-corrected chi connectivity index (χ1v) is 12.5. The van der Waals surface area contributed by atoms with E-state index in [2.05, 4.69) is 5.32 Å². The average Bonchev–Trinajstić information content (AvgIpc) is 3.15. The van der Waals surface area contributed by atoms with Gasteiger partial charge in [-0.3, -0.25) is 9.59 Å². The Morgan fingerprint density at radius 2 is 1.35 bits per heavy atom. The van der Waals surface area contributed by atoms with E-state index in [4.69, 9.17) is 21.1 Å². The van der Waals surface area contributed by atoms with Crippen molar-refractivity contribution in [3.05, 3.63) is 119 Å². The normalized spacial score (nSPS) is 13.2. The van der Waals surface area contributed by atoms with Crippen molar-refractivity contribution in [3.8, 4) is 17.2 Å². The Bertz CT molecular complexity index is 1460. The molecule has 0 unspecified atom stereocenters. The van der Waals surface area contributed by atoms with Crippen LogP contribution in [0.1, 0.15) is 0 Å². The van der Waals surface area contributed by atoms with Crippen LogP contribution in [-0.4, -0.2) is 18.9 Å². The summed E-state index contributed by atoms with van der Waals surface area (Å²) in [6.07, 6.45) is 0. The van der Waals surface area contributed by atoms with Gasteiger partial charge in [0, 0.05) is 15.6 Å². The summed E-state index contributed by atoms with van der Waals surface area (Å²) in [4.78, 5) is 29.4. The van der Waals surface area contributed by atoms with Gasteiger partial charge < -0.3 is 14.8 Å². The average molecular weight is 529 g/mol. The Hall–Kier alpha value is -4.20. The molecule has 0 spiro atoms. The highest BCUT2D eigenvalue weighted by atomic mass is 35.5. The highest BCUT2D eigenvalue weighted by molar-refractivity contribution is 8.04. The quantitative estimate of drug-likeness (QED) is 0.245. The summed E-state index contributed by atoms with van der Waals surface area (Å²) >= 11 is 7.23. The number of hydrogen-bond donors (Lipinski definition) is 1. The highest BCUT2D eigenvalue weighted by Gasteiger charge is 2.40. The third-order valence-corrected chi connectivity index (χ3v) is 6.85. The fourth-order valence-electron chi connectivity index (χ4n) is 3.68. The Labute approximate surface area is 223 Å². The molecule has 0 saturated heterocycles. The van der Waals surface area contributed by atoms with Crippen LogP contribution in [0.3, 0.4) is 0 Å². The van der Waals surface area contributed by atoms with Crippen LogP contribution in [0.2, 0.25) is 5.02 Å². The number of anilines is 2. The number of rotatable bonds is 8. The first-order valence-electron chi connectivity index (χ1n) is 11.3. The molecule has 0 radical (unpaired) electrons. The number of carbonyl (C=O) groups is 2. The molecule has 184 valence electrons. The van der Waals surface area contributed by atoms with Crippen LogP contribution in [0.4, 0.5) is 11.4 Å². The lowest BCUT2D eigenvalue weighted by Crippen LogP contribution is -2.32. The predicted molar refractivity (Wildman–Crippen MR) is 146 cm³/mol. The third kappa shape index (κ3) is 5.48. The fourth-order valence-corrected chi connectivity index (χ4v) is 4.73. The summed E-state index contributed by atoms with van der Waals surface area (Å²) in [6.45, 7) is 0. The Morgan fingerprint density at radius 1 is 0.730 bits per heavy atom. The molecule has 8 heteroatoms. The minimum atomic E-state index is -0.450. The second-order valence-corrected chi connectivity index (χ2v) is 9.49. The molecule has 0 aliphatic carbocycles. The van der Waals surface area contributed by atoms with Gasteiger partial charge in [0.05, 0.1) is 12.8 Å². The van der Waals surface area contributed by atoms with Gasteiger partial charge in [-0.2, -0.15) is 0 Å². The summed E-state index contributed by atoms with van der Waals surface area (Å²) < 4.78 is 11.1. The second-order valence-electron chi connectivity index (χ2n) is 7.97. The molecule has 1 heterocycles. The maximum absolute atomic E-state index is 13.6. The molecule has 5 rings (SSSR count). The summed E-state index contributed by atoms with van der Waals surface area (Å²) in [5.74, 6) is 1.10. The van der Waals surface area contributed by atoms with Crippen molar-refractivity contribution in [2.24, 2.45) is 0 Å². The molecular weight excluding hydrogens is 508 g/mol. The van der Waals surface area contributed by atoms with Crippen LogP contribution in [-0.2, 0) is 9.59 Å². The first-order chi connectivity index (χ1) is 18.0. The summed E-state index contributed by atoms with van der Waals surface area (Å²) in [5, 5.41) is 3.72. The molecule has 1 aliphatic heterocycles. The van der Waals surface area contributed by atoms with Gasteiger partial charge in [-0.1, -0.05) is 41.6 Å². The molecule has 1 aliphatic rings. The van der Waals surface area contributed by atoms with Crippen LogP contribution in [0.15, 0.2) is 119 Å². The van der Waals surface area contributed by atoms with Crippen molar-refractivity contribution in [2.75, 3.05) is 17.3 Å². The van der Waals surface area contributed by atoms with E-state index < -0.39 is 11.8 Å². The van der Waals surface area contributed by atoms with Crippen LogP contribution in [0, 0.1) is 0 Å². The van der Waals surface area contributed by atoms with E-state index in [-0.39, 0.29) is 10.6 Å². The molecule has 4 aromatic rings. The number of ether oxygens (including phenoxy) is 2. The summed E-state index contributed by atoms with van der Waals surface area (Å²) in [7, 11) is 1.58. The molecule has 4 aromatic carbocycles. The minimum absolute atomic E-state index is 0.194. The van der Waals surface area contributed by atoms with Crippen molar-refractivity contribution in [3.63, 3.8) is 0 Å². The second kappa shape index (κ2) is 10.8. The van der Waals surface area contributed by atoms with Crippen molar-refractivity contribution in [1.29, 1.82) is 0 Å². The number of para-hydroxylation sites is 1. The number of amides is 2. The van der Waals surface area contributed by atoms with Crippen LogP contribution in [0.5, 0.6) is 17.2 Å². The molecule has 1 N–H and O–H groups in total. The number of halogens is 1. The van der Waals surface area contributed by atoms with Gasteiger partial charge in [0.1, 0.15) is 27.9 Å². The molecule has 0 atom stereocenters. The van der Waals surface area contributed by atoms with Crippen molar-refractivity contribution < 1.29 is 19.1 Å². The minimum Gasteiger partial charge on any atom is -0.497 e. The lowest BCUT2D eigenvalue weighted by atomic mass is 10.2. The maximum Gasteiger partial charge on any atom is 0.283 e. The Balaban J connectivity index is 1.44. The van der Waals surface area contributed by atoms with Crippen LogP contribution < -0.4 is 19.7 Å². The molecule has 0 aromatic heterocycles. The number of methoxy groups -OCH3 is 1. The van der Waals surface area contributed by atoms with E-state index >= 15 is 0 Å². The summed E-state index contributed by atoms with van der Waals surface area (Å²) in [5.41, 5.74) is 1.29. The van der Waals surface area contributed by atoms with Gasteiger partial charge in [-0.05, 0) is 84.9 Å². The Morgan fingerprint density at radius 3 is 2.00 bits per heavy atom. The SMILES string of the molecule is COc1ccc(NC2=C(Sc3ccc(Cl)cc3)C(=O)N(c3ccc(Oc4ccccc4)cc3)C2=O)cc1. The van der Waals surface area contributed by atoms with Crippen molar-refractivity contribution in [1.82, 2.24) is 0 Å². The van der Waals surface area contributed by atoms with E-state index in [0.29, 0.717) is 33.6 Å². The number of hydrogen-bond acceptors (Lipinski definition) is 6. The fraction of sp³-hybridized carbons (Fsp3) is 0.0345. The summed E-state index contributed by atoms with van der Waals surface area (Å²) in [6, 6.07) is 30.4. The lowest BCUT2D eigenvalue weighted by molar-refractivity contribution is -0.120. The maximum atomic E-state index is 13.6. The van der Waals surface area contributed by atoms with E-state index in [1.54, 1.807) is 79.9 Å². The van der Waals surface area contributed by atoms with Gasteiger partial charge in [-0.15, -0.1) is 0 Å². The number of nitrogens with zero attached hydrogens (tertiary/aromatic N) is 1. The molecular formula is C29H21ClN2O4S. The van der Waals surface area contributed by atoms with E-state index in [1.165, 1.54) is 11.8 Å². The third-order valence-electron chi connectivity index (χ3n) is 5.51. The number of nitrogens with one attached hydrogen (secondary N) is 1. The zero-order valence-corrected chi connectivity index (χ0v) is 21.3. The Kier molecular flexibility index (Phi) is 7.16. The van der Waals surface area contributed by atoms with Crippen molar-refractivity contribution in [2.45, 2.75) is 4.90 Å². The van der Waals surface area contributed by atoms with Gasteiger partial charge >= 0.3 is 0 Å². The van der Waals surface area contributed by atoms with Crippen molar-refractivity contribution >= 4 is 46.6 Å². The largest absolute Gasteiger partial charge is 0.497 e. The predicted octanol–water partition coefficient (Wildman–Crippen LogP) is 7.13. The smallest absolute Gasteiger partial charge is 0.283 e. The lowest BCUT2D eigenvalue weighted by Gasteiger charge is -2.16. The molecule has 0 saturated carbocycles. The standard InChI is InChI=1S/C29H21ClN2O4S/c1-35-22-13-9-20(10-14-22)31-26-27(37-25-17-7-19(30)8-18-25)29(34)32(28(26)33)21-11-15-24(16-12-21)36-23-5-3-2-4-6-23/h2-18,31H,1H3. The molecule has 0 bridgehead atoms. The molecule has 0 fully saturated rings. The molecule has 37 heavy (non-hydrogen) atoms. The molecule has 2 amide bonds. The highest BCUT2D eigenvalue weighted by Crippen LogP contribution is 2.38.